The van der Waals surface area contributed by atoms with Crippen molar-refractivity contribution in [2.45, 2.75) is 19.5 Å². The quantitative estimate of drug-likeness (QED) is 0.386. The lowest BCUT2D eigenvalue weighted by molar-refractivity contribution is -0.117. The van der Waals surface area contributed by atoms with Gasteiger partial charge in [0.15, 0.2) is 5.78 Å². The van der Waals surface area contributed by atoms with Gasteiger partial charge in [-0.1, -0.05) is 60.7 Å². The van der Waals surface area contributed by atoms with Crippen LogP contribution >= 0.6 is 0 Å². The van der Waals surface area contributed by atoms with Crippen LogP contribution in [0.1, 0.15) is 28.4 Å². The second kappa shape index (κ2) is 10.7. The Bertz CT molecular complexity index is 1400. The van der Waals surface area contributed by atoms with Gasteiger partial charge in [-0.15, -0.1) is 0 Å². The molecule has 4 rings (SSSR count). The molecule has 0 radical (unpaired) electrons. The Morgan fingerprint density at radius 3 is 2.29 bits per heavy atom. The second-order valence-corrected chi connectivity index (χ2v) is 8.17. The fourth-order valence-electron chi connectivity index (χ4n) is 3.70. The van der Waals surface area contributed by atoms with Crippen molar-refractivity contribution in [3.8, 4) is 11.3 Å². The van der Waals surface area contributed by atoms with Gasteiger partial charge < -0.3 is 15.2 Å². The summed E-state index contributed by atoms with van der Waals surface area (Å²) in [5.74, 6) is -0.446. The van der Waals surface area contributed by atoms with Gasteiger partial charge in [0, 0.05) is 23.5 Å². The molecule has 0 fully saturated rings. The summed E-state index contributed by atoms with van der Waals surface area (Å²) in [7, 11) is 1.68. The molecule has 7 heteroatoms. The molecule has 1 atom stereocenters. The number of rotatable bonds is 8. The van der Waals surface area contributed by atoms with Gasteiger partial charge >= 0.3 is 0 Å². The van der Waals surface area contributed by atoms with Gasteiger partial charge in [-0.2, -0.15) is 0 Å². The Morgan fingerprint density at radius 2 is 1.60 bits per heavy atom. The van der Waals surface area contributed by atoms with E-state index in [1.807, 2.05) is 54.6 Å². The highest BCUT2D eigenvalue weighted by molar-refractivity contribution is 6.08. The van der Waals surface area contributed by atoms with E-state index in [0.717, 1.165) is 5.56 Å². The third kappa shape index (κ3) is 5.42. The molecule has 0 saturated heterocycles. The van der Waals surface area contributed by atoms with E-state index < -0.39 is 6.04 Å². The van der Waals surface area contributed by atoms with Crippen LogP contribution in [0.3, 0.4) is 0 Å². The number of nitrogens with zero attached hydrogens (tertiary/aromatic N) is 2. The summed E-state index contributed by atoms with van der Waals surface area (Å²) < 4.78 is 1.59. The molecule has 0 aliphatic heterocycles. The molecule has 0 unspecified atom stereocenters. The molecule has 4 aromatic rings. The van der Waals surface area contributed by atoms with Crippen molar-refractivity contribution in [2.75, 3.05) is 12.4 Å². The number of hydrogen-bond donors (Lipinski definition) is 2. The summed E-state index contributed by atoms with van der Waals surface area (Å²) in [6, 6.07) is 23.2. The number of carbonyl (C=O) groups is 2. The number of hydrogen-bond acceptors (Lipinski definition) is 5. The van der Waals surface area contributed by atoms with Crippen molar-refractivity contribution in [1.29, 1.82) is 0 Å². The first-order chi connectivity index (χ1) is 17.0. The van der Waals surface area contributed by atoms with Crippen LogP contribution in [-0.4, -0.2) is 34.3 Å². The SMILES string of the molecule is CN[C@@H](C)C(=O)Nc1ccc(-c2ccccc2)n(Cc2cncc(C(=O)c3ccccc3)c2)c1=O. The average molecular weight is 467 g/mol. The largest absolute Gasteiger partial charge is 0.320 e. The van der Waals surface area contributed by atoms with E-state index in [1.54, 1.807) is 49.0 Å². The minimum Gasteiger partial charge on any atom is -0.320 e. The second-order valence-electron chi connectivity index (χ2n) is 8.17. The van der Waals surface area contributed by atoms with E-state index in [1.165, 1.54) is 6.20 Å². The highest BCUT2D eigenvalue weighted by Gasteiger charge is 2.17. The number of amides is 1. The fourth-order valence-corrected chi connectivity index (χ4v) is 3.70. The number of aromatic nitrogens is 2. The zero-order valence-corrected chi connectivity index (χ0v) is 19.6. The smallest absolute Gasteiger partial charge is 0.275 e. The van der Waals surface area contributed by atoms with Gasteiger partial charge in [0.25, 0.3) is 5.56 Å². The highest BCUT2D eigenvalue weighted by atomic mass is 16.2. The average Bonchev–Trinajstić information content (AvgIpc) is 2.91. The lowest BCUT2D eigenvalue weighted by Crippen LogP contribution is -2.37. The first-order valence-electron chi connectivity index (χ1n) is 11.3. The molecule has 1 amide bonds. The van der Waals surface area contributed by atoms with Crippen molar-refractivity contribution in [1.82, 2.24) is 14.9 Å². The van der Waals surface area contributed by atoms with Crippen LogP contribution in [0.5, 0.6) is 0 Å². The van der Waals surface area contributed by atoms with Gasteiger partial charge in [-0.25, -0.2) is 0 Å². The Labute approximate surface area is 203 Å². The Kier molecular flexibility index (Phi) is 7.28. The molecule has 7 nitrogen and oxygen atoms in total. The van der Waals surface area contributed by atoms with E-state index in [4.69, 9.17) is 0 Å². The highest BCUT2D eigenvalue weighted by Crippen LogP contribution is 2.21. The summed E-state index contributed by atoms with van der Waals surface area (Å²) in [5, 5.41) is 5.58. The maximum atomic E-state index is 13.5. The number of ketones is 1. The van der Waals surface area contributed by atoms with E-state index in [-0.39, 0.29) is 29.5 Å². The van der Waals surface area contributed by atoms with Crippen LogP contribution in [-0.2, 0) is 11.3 Å². The third-order valence-electron chi connectivity index (χ3n) is 5.76. The van der Waals surface area contributed by atoms with Gasteiger partial charge in [-0.05, 0) is 43.3 Å². The molecule has 0 bridgehead atoms. The van der Waals surface area contributed by atoms with E-state index in [0.29, 0.717) is 22.4 Å². The predicted molar refractivity (Wildman–Crippen MR) is 137 cm³/mol. The van der Waals surface area contributed by atoms with Gasteiger partial charge in [0.05, 0.1) is 18.3 Å². The van der Waals surface area contributed by atoms with Crippen LogP contribution in [0.25, 0.3) is 11.3 Å². The number of anilines is 1. The van der Waals surface area contributed by atoms with Crippen molar-refractivity contribution in [2.24, 2.45) is 0 Å². The number of carbonyl (C=O) groups excluding carboxylic acids is 2. The molecule has 35 heavy (non-hydrogen) atoms. The maximum absolute atomic E-state index is 13.5. The maximum Gasteiger partial charge on any atom is 0.275 e. The number of nitrogens with one attached hydrogen (secondary N) is 2. The molecule has 176 valence electrons. The summed E-state index contributed by atoms with van der Waals surface area (Å²) in [4.78, 5) is 43.1. The lowest BCUT2D eigenvalue weighted by Gasteiger charge is -2.17. The zero-order chi connectivity index (χ0) is 24.8. The zero-order valence-electron chi connectivity index (χ0n) is 19.6. The van der Waals surface area contributed by atoms with Gasteiger partial charge in [0.1, 0.15) is 5.69 Å². The number of pyridine rings is 2. The van der Waals surface area contributed by atoms with Crippen LogP contribution in [0.4, 0.5) is 5.69 Å². The molecule has 2 aromatic carbocycles. The molecular weight excluding hydrogens is 440 g/mol. The van der Waals surface area contributed by atoms with Crippen LogP contribution in [0.2, 0.25) is 0 Å². The lowest BCUT2D eigenvalue weighted by atomic mass is 10.0. The monoisotopic (exact) mass is 466 g/mol. The number of benzene rings is 2. The van der Waals surface area contributed by atoms with Crippen molar-refractivity contribution >= 4 is 17.4 Å². The Balaban J connectivity index is 1.74. The Morgan fingerprint density at radius 1 is 0.914 bits per heavy atom. The van der Waals surface area contributed by atoms with E-state index >= 15 is 0 Å². The molecule has 2 N–H and O–H groups in total. The van der Waals surface area contributed by atoms with Gasteiger partial charge in [0.2, 0.25) is 5.91 Å². The first-order valence-corrected chi connectivity index (χ1v) is 11.3. The molecule has 2 heterocycles. The summed E-state index contributed by atoms with van der Waals surface area (Å²) in [5.41, 5.74) is 3.08. The van der Waals surface area contributed by atoms with Crippen molar-refractivity contribution in [3.05, 3.63) is 118 Å². The standard InChI is InChI=1S/C28H26N4O3/c1-19(29-2)27(34)31-24-13-14-25(21-9-5-3-6-10-21)32(28(24)35)18-20-15-23(17-30-16-20)26(33)22-11-7-4-8-12-22/h3-17,19,29H,18H2,1-2H3,(H,31,34)/t19-/m0/s1. The third-order valence-corrected chi connectivity index (χ3v) is 5.76. The minimum atomic E-state index is -0.457. The summed E-state index contributed by atoms with van der Waals surface area (Å²) >= 11 is 0. The summed E-state index contributed by atoms with van der Waals surface area (Å²) in [6.45, 7) is 1.89. The normalized spacial score (nSPS) is 11.6. The van der Waals surface area contributed by atoms with E-state index in [9.17, 15) is 14.4 Å². The van der Waals surface area contributed by atoms with Crippen molar-refractivity contribution in [3.63, 3.8) is 0 Å². The molecule has 0 saturated carbocycles. The number of likely N-dealkylation sites (N-methyl/N-ethyl adjacent to an activating group) is 1. The molecule has 0 aliphatic rings. The minimum absolute atomic E-state index is 0.141. The van der Waals surface area contributed by atoms with Crippen LogP contribution in [0.15, 0.2) is 96.1 Å². The fraction of sp³-hybridized carbons (Fsp3) is 0.143. The first kappa shape index (κ1) is 23.8. The topological polar surface area (TPSA) is 93.1 Å². The molecule has 2 aromatic heterocycles. The molecule has 0 aliphatic carbocycles. The molecule has 0 spiro atoms. The predicted octanol–water partition coefficient (Wildman–Crippen LogP) is 3.74. The van der Waals surface area contributed by atoms with E-state index in [2.05, 4.69) is 15.6 Å². The molecular formula is C28H26N4O3. The van der Waals surface area contributed by atoms with Crippen LogP contribution < -0.4 is 16.2 Å². The van der Waals surface area contributed by atoms with Crippen LogP contribution in [0, 0.1) is 0 Å². The Hall–Kier alpha value is -4.36. The van der Waals surface area contributed by atoms with Crippen molar-refractivity contribution < 1.29 is 9.59 Å². The van der Waals surface area contributed by atoms with Gasteiger partial charge in [-0.3, -0.25) is 19.4 Å². The summed E-state index contributed by atoms with van der Waals surface area (Å²) in [6.07, 6.45) is 3.16.